The van der Waals surface area contributed by atoms with Crippen LogP contribution in [0.3, 0.4) is 0 Å². The van der Waals surface area contributed by atoms with Gasteiger partial charge in [0.25, 0.3) is 0 Å². The highest BCUT2D eigenvalue weighted by Crippen LogP contribution is 2.29. The average molecular weight is 299 g/mol. The Kier molecular flexibility index (Phi) is 3.92. The van der Waals surface area contributed by atoms with E-state index in [9.17, 15) is 0 Å². The van der Waals surface area contributed by atoms with Gasteiger partial charge in [0.15, 0.2) is 5.17 Å². The fraction of sp³-hybridized carbons (Fsp3) is 0.417. The first-order valence-corrected chi connectivity index (χ1v) is 7.15. The molecule has 0 aromatic heterocycles. The molecule has 1 aliphatic heterocycles. The number of nitrogens with zero attached hydrogens (tertiary/aromatic N) is 1. The van der Waals surface area contributed by atoms with Crippen molar-refractivity contribution in [1.29, 1.82) is 0 Å². The van der Waals surface area contributed by atoms with Gasteiger partial charge in [-0.05, 0) is 53.4 Å². The lowest BCUT2D eigenvalue weighted by atomic mass is 10.1. The van der Waals surface area contributed by atoms with Crippen molar-refractivity contribution >= 4 is 38.5 Å². The van der Waals surface area contributed by atoms with Crippen molar-refractivity contribution in [2.24, 2.45) is 4.99 Å². The maximum atomic E-state index is 4.48. The Morgan fingerprint density at radius 2 is 2.19 bits per heavy atom. The predicted octanol–water partition coefficient (Wildman–Crippen LogP) is 3.97. The van der Waals surface area contributed by atoms with Crippen LogP contribution in [0.1, 0.15) is 17.5 Å². The second kappa shape index (κ2) is 5.23. The third kappa shape index (κ3) is 2.80. The number of benzene rings is 1. The van der Waals surface area contributed by atoms with Crippen LogP contribution in [0.25, 0.3) is 0 Å². The Labute approximate surface area is 109 Å². The number of aryl methyl sites for hydroxylation is 2. The molecule has 0 atom stereocenters. The van der Waals surface area contributed by atoms with Gasteiger partial charge in [-0.15, -0.1) is 0 Å². The van der Waals surface area contributed by atoms with Crippen molar-refractivity contribution in [3.63, 3.8) is 0 Å². The van der Waals surface area contributed by atoms with Crippen LogP contribution in [0.4, 0.5) is 5.69 Å². The molecule has 86 valence electrons. The minimum atomic E-state index is 0.942. The van der Waals surface area contributed by atoms with Gasteiger partial charge in [-0.2, -0.15) is 0 Å². The number of anilines is 1. The van der Waals surface area contributed by atoms with E-state index >= 15 is 0 Å². The molecule has 0 spiro atoms. The van der Waals surface area contributed by atoms with Crippen molar-refractivity contribution in [3.8, 4) is 0 Å². The summed E-state index contributed by atoms with van der Waals surface area (Å²) in [5, 5.41) is 4.45. The lowest BCUT2D eigenvalue weighted by molar-refractivity contribution is 0.938. The highest BCUT2D eigenvalue weighted by molar-refractivity contribution is 9.10. The summed E-state index contributed by atoms with van der Waals surface area (Å²) >= 11 is 5.40. The van der Waals surface area contributed by atoms with E-state index in [4.69, 9.17) is 0 Å². The highest BCUT2D eigenvalue weighted by atomic mass is 79.9. The zero-order valence-corrected chi connectivity index (χ0v) is 11.9. The molecule has 4 heteroatoms. The molecule has 0 unspecified atom stereocenters. The summed E-state index contributed by atoms with van der Waals surface area (Å²) in [6.07, 6.45) is 1.18. The summed E-state index contributed by atoms with van der Waals surface area (Å²) in [5.41, 5.74) is 3.66. The summed E-state index contributed by atoms with van der Waals surface area (Å²) in [5.74, 6) is 1.16. The third-order valence-electron chi connectivity index (χ3n) is 2.46. The van der Waals surface area contributed by atoms with E-state index in [0.717, 1.165) is 27.6 Å². The van der Waals surface area contributed by atoms with Crippen molar-refractivity contribution in [2.75, 3.05) is 17.6 Å². The minimum Gasteiger partial charge on any atom is -0.334 e. The number of nitrogens with one attached hydrogen (secondary N) is 1. The predicted molar refractivity (Wildman–Crippen MR) is 76.6 cm³/mol. The maximum absolute atomic E-state index is 4.48. The molecule has 2 nitrogen and oxygen atoms in total. The molecule has 0 saturated heterocycles. The van der Waals surface area contributed by atoms with Crippen LogP contribution < -0.4 is 5.32 Å². The largest absolute Gasteiger partial charge is 0.334 e. The minimum absolute atomic E-state index is 0.942. The Hall–Kier alpha value is -0.480. The number of rotatable bonds is 1. The van der Waals surface area contributed by atoms with Crippen molar-refractivity contribution in [1.82, 2.24) is 0 Å². The molecule has 0 fully saturated rings. The van der Waals surface area contributed by atoms with Crippen molar-refractivity contribution < 1.29 is 0 Å². The Morgan fingerprint density at radius 1 is 1.38 bits per heavy atom. The normalized spacial score (nSPS) is 15.8. The SMILES string of the molecule is Cc1cc(C)c(NC2=NCCCS2)c(Br)c1. The number of hydrogen-bond donors (Lipinski definition) is 1. The van der Waals surface area contributed by atoms with Crippen LogP contribution in [-0.2, 0) is 0 Å². The van der Waals surface area contributed by atoms with E-state index in [1.54, 1.807) is 11.8 Å². The second-order valence-electron chi connectivity index (χ2n) is 3.95. The van der Waals surface area contributed by atoms with Gasteiger partial charge in [-0.1, -0.05) is 17.8 Å². The van der Waals surface area contributed by atoms with E-state index < -0.39 is 0 Å². The summed E-state index contributed by atoms with van der Waals surface area (Å²) in [6.45, 7) is 5.17. The molecule has 16 heavy (non-hydrogen) atoms. The summed E-state index contributed by atoms with van der Waals surface area (Å²) in [4.78, 5) is 4.48. The third-order valence-corrected chi connectivity index (χ3v) is 4.08. The highest BCUT2D eigenvalue weighted by Gasteiger charge is 2.10. The van der Waals surface area contributed by atoms with Gasteiger partial charge in [-0.3, -0.25) is 4.99 Å². The topological polar surface area (TPSA) is 24.4 Å². The van der Waals surface area contributed by atoms with Crippen LogP contribution >= 0.6 is 27.7 Å². The molecule has 0 aliphatic carbocycles. The van der Waals surface area contributed by atoms with E-state index in [0.29, 0.717) is 0 Å². The van der Waals surface area contributed by atoms with Crippen molar-refractivity contribution in [3.05, 3.63) is 27.7 Å². The first kappa shape index (κ1) is 12.0. The van der Waals surface area contributed by atoms with E-state index in [-0.39, 0.29) is 0 Å². The quantitative estimate of drug-likeness (QED) is 0.848. The molecule has 0 radical (unpaired) electrons. The van der Waals surface area contributed by atoms with E-state index in [1.807, 2.05) is 0 Å². The molecule has 0 amide bonds. The van der Waals surface area contributed by atoms with E-state index in [1.165, 1.54) is 17.5 Å². The molecule has 1 aliphatic rings. The van der Waals surface area contributed by atoms with Crippen molar-refractivity contribution in [2.45, 2.75) is 20.3 Å². The van der Waals surface area contributed by atoms with Crippen LogP contribution in [0.2, 0.25) is 0 Å². The van der Waals surface area contributed by atoms with Crippen LogP contribution in [0.15, 0.2) is 21.6 Å². The average Bonchev–Trinajstić information content (AvgIpc) is 2.25. The lowest BCUT2D eigenvalue weighted by Gasteiger charge is -2.16. The van der Waals surface area contributed by atoms with Gasteiger partial charge in [0.05, 0.1) is 5.69 Å². The molecule has 1 N–H and O–H groups in total. The number of aliphatic imine (C=N–C) groups is 1. The molecule has 1 aromatic carbocycles. The molecule has 1 heterocycles. The zero-order valence-electron chi connectivity index (χ0n) is 9.51. The van der Waals surface area contributed by atoms with Crippen LogP contribution in [-0.4, -0.2) is 17.5 Å². The standard InChI is InChI=1S/C12H15BrN2S/c1-8-6-9(2)11(10(13)7-8)15-12-14-4-3-5-16-12/h6-7H,3-5H2,1-2H3,(H,14,15). The Bertz CT molecular complexity index is 406. The van der Waals surface area contributed by atoms with Gasteiger partial charge in [0.2, 0.25) is 0 Å². The van der Waals surface area contributed by atoms with Gasteiger partial charge < -0.3 is 5.32 Å². The number of amidine groups is 1. The summed E-state index contributed by atoms with van der Waals surface area (Å²) in [7, 11) is 0. The van der Waals surface area contributed by atoms with Crippen LogP contribution in [0, 0.1) is 13.8 Å². The first-order valence-electron chi connectivity index (χ1n) is 5.38. The molecular weight excluding hydrogens is 284 g/mol. The summed E-state index contributed by atoms with van der Waals surface area (Å²) < 4.78 is 1.11. The lowest BCUT2D eigenvalue weighted by Crippen LogP contribution is -2.14. The fourth-order valence-corrected chi connectivity index (χ4v) is 3.31. The molecule has 2 rings (SSSR count). The van der Waals surface area contributed by atoms with Crippen LogP contribution in [0.5, 0.6) is 0 Å². The van der Waals surface area contributed by atoms with Gasteiger partial charge in [0, 0.05) is 16.8 Å². The zero-order chi connectivity index (χ0) is 11.5. The summed E-state index contributed by atoms with van der Waals surface area (Å²) in [6, 6.07) is 4.31. The number of hydrogen-bond acceptors (Lipinski definition) is 3. The van der Waals surface area contributed by atoms with Gasteiger partial charge in [-0.25, -0.2) is 0 Å². The monoisotopic (exact) mass is 298 g/mol. The van der Waals surface area contributed by atoms with E-state index in [2.05, 4.69) is 52.2 Å². The first-order chi connectivity index (χ1) is 7.66. The Morgan fingerprint density at radius 3 is 2.81 bits per heavy atom. The van der Waals surface area contributed by atoms with Gasteiger partial charge >= 0.3 is 0 Å². The van der Waals surface area contributed by atoms with Gasteiger partial charge in [0.1, 0.15) is 0 Å². The maximum Gasteiger partial charge on any atom is 0.161 e. The fourth-order valence-electron chi connectivity index (χ4n) is 1.72. The number of thioether (sulfide) groups is 1. The molecule has 0 saturated carbocycles. The smallest absolute Gasteiger partial charge is 0.161 e. The molecule has 1 aromatic rings. The Balaban J connectivity index is 2.24. The molecular formula is C12H15BrN2S. The molecule has 0 bridgehead atoms. The number of halogens is 1. The second-order valence-corrected chi connectivity index (χ2v) is 5.89.